The highest BCUT2D eigenvalue weighted by atomic mass is 19.4. The van der Waals surface area contributed by atoms with E-state index in [1.165, 1.54) is 0 Å². The fourth-order valence-electron chi connectivity index (χ4n) is 1.95. The zero-order valence-electron chi connectivity index (χ0n) is 8.19. The SMILES string of the molecule is FC(F)c1cc[nH]c1C(C1CC1)C(F)(F)F. The van der Waals surface area contributed by atoms with Crippen LogP contribution in [0, 0.1) is 5.92 Å². The lowest BCUT2D eigenvalue weighted by molar-refractivity contribution is -0.156. The fraction of sp³-hybridized carbons (Fsp3) is 0.600. The van der Waals surface area contributed by atoms with Gasteiger partial charge in [0.2, 0.25) is 0 Å². The van der Waals surface area contributed by atoms with E-state index < -0.39 is 30.0 Å². The molecule has 1 atom stereocenters. The molecule has 1 aromatic rings. The third kappa shape index (κ3) is 2.05. The van der Waals surface area contributed by atoms with E-state index in [0.29, 0.717) is 12.8 Å². The first-order valence-electron chi connectivity index (χ1n) is 4.93. The molecular formula is C10H10F5N. The summed E-state index contributed by atoms with van der Waals surface area (Å²) in [5, 5.41) is 0. The van der Waals surface area contributed by atoms with Crippen LogP contribution in [-0.2, 0) is 0 Å². The molecule has 0 spiro atoms. The van der Waals surface area contributed by atoms with E-state index in [1.807, 2.05) is 0 Å². The molecule has 1 aliphatic carbocycles. The maximum absolute atomic E-state index is 12.8. The van der Waals surface area contributed by atoms with Crippen molar-refractivity contribution in [2.45, 2.75) is 31.4 Å². The first-order chi connectivity index (χ1) is 7.41. The van der Waals surface area contributed by atoms with Crippen molar-refractivity contribution in [3.05, 3.63) is 23.5 Å². The molecule has 0 aromatic carbocycles. The van der Waals surface area contributed by atoms with Crippen LogP contribution in [0.3, 0.4) is 0 Å². The van der Waals surface area contributed by atoms with E-state index in [0.717, 1.165) is 12.3 Å². The number of aromatic nitrogens is 1. The molecule has 2 rings (SSSR count). The summed E-state index contributed by atoms with van der Waals surface area (Å²) in [6, 6.07) is 1.01. The van der Waals surface area contributed by atoms with E-state index in [4.69, 9.17) is 0 Å². The molecule has 1 heterocycles. The molecule has 1 aromatic heterocycles. The van der Waals surface area contributed by atoms with Gasteiger partial charge in [0.25, 0.3) is 6.43 Å². The second-order valence-corrected chi connectivity index (χ2v) is 4.00. The Bertz CT molecular complexity index is 364. The van der Waals surface area contributed by atoms with Crippen LogP contribution in [0.5, 0.6) is 0 Å². The topological polar surface area (TPSA) is 15.8 Å². The van der Waals surface area contributed by atoms with Crippen LogP contribution in [0.4, 0.5) is 22.0 Å². The fourth-order valence-corrected chi connectivity index (χ4v) is 1.95. The molecule has 1 unspecified atom stereocenters. The van der Waals surface area contributed by atoms with Gasteiger partial charge in [-0.2, -0.15) is 13.2 Å². The van der Waals surface area contributed by atoms with E-state index in [2.05, 4.69) is 4.98 Å². The van der Waals surface area contributed by atoms with Crippen molar-refractivity contribution < 1.29 is 22.0 Å². The van der Waals surface area contributed by atoms with Gasteiger partial charge in [-0.15, -0.1) is 0 Å². The normalized spacial score (nSPS) is 19.1. The van der Waals surface area contributed by atoms with Crippen molar-refractivity contribution in [1.29, 1.82) is 0 Å². The largest absolute Gasteiger partial charge is 0.397 e. The predicted molar refractivity (Wildman–Crippen MR) is 47.3 cm³/mol. The van der Waals surface area contributed by atoms with Crippen LogP contribution in [0.2, 0.25) is 0 Å². The van der Waals surface area contributed by atoms with E-state index in [-0.39, 0.29) is 5.69 Å². The van der Waals surface area contributed by atoms with Crippen LogP contribution in [-0.4, -0.2) is 11.2 Å². The van der Waals surface area contributed by atoms with Crippen molar-refractivity contribution in [2.24, 2.45) is 5.92 Å². The first kappa shape index (κ1) is 11.4. The van der Waals surface area contributed by atoms with Gasteiger partial charge in [0.1, 0.15) is 0 Å². The monoisotopic (exact) mass is 239 g/mol. The van der Waals surface area contributed by atoms with Gasteiger partial charge in [0, 0.05) is 17.5 Å². The minimum Gasteiger partial charge on any atom is -0.364 e. The van der Waals surface area contributed by atoms with Crippen LogP contribution in [0.25, 0.3) is 0 Å². The molecule has 1 nitrogen and oxygen atoms in total. The third-order valence-corrected chi connectivity index (χ3v) is 2.80. The van der Waals surface area contributed by atoms with Crippen molar-refractivity contribution in [2.75, 3.05) is 0 Å². The number of H-pyrrole nitrogens is 1. The van der Waals surface area contributed by atoms with Gasteiger partial charge in [0.05, 0.1) is 5.92 Å². The van der Waals surface area contributed by atoms with Gasteiger partial charge in [-0.05, 0) is 24.8 Å². The minimum atomic E-state index is -4.46. The van der Waals surface area contributed by atoms with Crippen LogP contribution in [0.15, 0.2) is 12.3 Å². The number of hydrogen-bond acceptors (Lipinski definition) is 0. The molecule has 90 valence electrons. The van der Waals surface area contributed by atoms with Gasteiger partial charge in [-0.3, -0.25) is 0 Å². The second kappa shape index (κ2) is 3.75. The van der Waals surface area contributed by atoms with Gasteiger partial charge in [-0.25, -0.2) is 8.78 Å². The summed E-state index contributed by atoms with van der Waals surface area (Å²) in [4.78, 5) is 2.32. The average Bonchev–Trinajstić information content (AvgIpc) is 2.79. The van der Waals surface area contributed by atoms with Crippen LogP contribution in [0.1, 0.15) is 36.4 Å². The number of nitrogens with one attached hydrogen (secondary N) is 1. The molecule has 16 heavy (non-hydrogen) atoms. The highest BCUT2D eigenvalue weighted by molar-refractivity contribution is 5.28. The smallest absolute Gasteiger partial charge is 0.364 e. The predicted octanol–water partition coefficient (Wildman–Crippen LogP) is 4.01. The standard InChI is InChI=1S/C10H10F5N/c11-9(12)6-3-4-16-8(6)7(5-1-2-5)10(13,14)15/h3-5,7,9,16H,1-2H2. The molecule has 0 radical (unpaired) electrons. The van der Waals surface area contributed by atoms with E-state index in [9.17, 15) is 22.0 Å². The summed E-state index contributed by atoms with van der Waals surface area (Å²) in [7, 11) is 0. The summed E-state index contributed by atoms with van der Waals surface area (Å²) in [5.74, 6) is -2.32. The molecule has 1 saturated carbocycles. The molecule has 0 saturated heterocycles. The number of hydrogen-bond donors (Lipinski definition) is 1. The molecule has 0 bridgehead atoms. The number of halogens is 5. The summed E-state index contributed by atoms with van der Waals surface area (Å²) < 4.78 is 63.3. The molecule has 1 N–H and O–H groups in total. The highest BCUT2D eigenvalue weighted by Gasteiger charge is 2.51. The summed E-state index contributed by atoms with van der Waals surface area (Å²) in [6.07, 6.45) is -5.30. The van der Waals surface area contributed by atoms with E-state index >= 15 is 0 Å². The molecule has 0 amide bonds. The van der Waals surface area contributed by atoms with Crippen molar-refractivity contribution in [3.8, 4) is 0 Å². The quantitative estimate of drug-likeness (QED) is 0.767. The Kier molecular flexibility index (Phi) is 2.67. The van der Waals surface area contributed by atoms with Crippen molar-refractivity contribution in [1.82, 2.24) is 4.98 Å². The van der Waals surface area contributed by atoms with Crippen molar-refractivity contribution >= 4 is 0 Å². The summed E-state index contributed by atoms with van der Waals surface area (Å²) in [6.45, 7) is 0. The zero-order chi connectivity index (χ0) is 11.9. The number of rotatable bonds is 3. The van der Waals surface area contributed by atoms with Crippen LogP contribution >= 0.6 is 0 Å². The summed E-state index contributed by atoms with van der Waals surface area (Å²) >= 11 is 0. The Balaban J connectivity index is 2.35. The average molecular weight is 239 g/mol. The second-order valence-electron chi connectivity index (χ2n) is 4.00. The Labute approximate surface area is 88.7 Å². The maximum Gasteiger partial charge on any atom is 0.397 e. The molecule has 1 aliphatic rings. The van der Waals surface area contributed by atoms with Gasteiger partial charge in [-0.1, -0.05) is 0 Å². The molecular weight excluding hydrogens is 229 g/mol. The Morgan fingerprint density at radius 3 is 2.31 bits per heavy atom. The summed E-state index contributed by atoms with van der Waals surface area (Å²) in [5.41, 5.74) is -0.903. The third-order valence-electron chi connectivity index (χ3n) is 2.80. The van der Waals surface area contributed by atoms with Gasteiger partial charge in [0.15, 0.2) is 0 Å². The Morgan fingerprint density at radius 1 is 1.25 bits per heavy atom. The molecule has 0 aliphatic heterocycles. The lowest BCUT2D eigenvalue weighted by atomic mass is 9.96. The minimum absolute atomic E-state index is 0.370. The zero-order valence-corrected chi connectivity index (χ0v) is 8.19. The molecule has 1 fully saturated rings. The van der Waals surface area contributed by atoms with Crippen LogP contribution < -0.4 is 0 Å². The number of alkyl halides is 5. The lowest BCUT2D eigenvalue weighted by Crippen LogP contribution is -2.24. The first-order valence-corrected chi connectivity index (χ1v) is 4.93. The van der Waals surface area contributed by atoms with Crippen molar-refractivity contribution in [3.63, 3.8) is 0 Å². The Hall–Kier alpha value is -1.07. The highest BCUT2D eigenvalue weighted by Crippen LogP contribution is 2.51. The van der Waals surface area contributed by atoms with Gasteiger partial charge >= 0.3 is 6.18 Å². The Morgan fingerprint density at radius 2 is 1.88 bits per heavy atom. The maximum atomic E-state index is 12.8. The molecule has 6 heteroatoms. The number of aromatic amines is 1. The van der Waals surface area contributed by atoms with Gasteiger partial charge < -0.3 is 4.98 Å². The van der Waals surface area contributed by atoms with E-state index in [1.54, 1.807) is 0 Å². The lowest BCUT2D eigenvalue weighted by Gasteiger charge is -2.20.